The molecule has 0 radical (unpaired) electrons. The lowest BCUT2D eigenvalue weighted by Crippen LogP contribution is -2.47. The highest BCUT2D eigenvalue weighted by atomic mass is 31.2. The molecule has 3 atom stereocenters. The van der Waals surface area contributed by atoms with E-state index in [0.717, 1.165) is 109 Å². The molecule has 0 heterocycles. The number of hydrogen-bond donors (Lipinski definition) is 1. The van der Waals surface area contributed by atoms with Gasteiger partial charge in [0.05, 0.1) is 33.8 Å². The molecular formula is C75H133N2O7P. The first-order chi connectivity index (χ1) is 41.4. The van der Waals surface area contributed by atoms with Crippen molar-refractivity contribution < 1.29 is 37.3 Å². The van der Waals surface area contributed by atoms with Crippen LogP contribution in [0.15, 0.2) is 109 Å². The van der Waals surface area contributed by atoms with Gasteiger partial charge in [-0.15, -0.1) is 0 Å². The molecule has 0 saturated heterocycles. The predicted molar refractivity (Wildman–Crippen MR) is 367 cm³/mol. The second-order valence-corrected chi connectivity index (χ2v) is 26.1. The van der Waals surface area contributed by atoms with E-state index < -0.39 is 26.6 Å². The van der Waals surface area contributed by atoms with Crippen LogP contribution in [0.2, 0.25) is 0 Å². The zero-order valence-electron chi connectivity index (χ0n) is 56.0. The zero-order chi connectivity index (χ0) is 62.1. The number of rotatable bonds is 63. The summed E-state index contributed by atoms with van der Waals surface area (Å²) >= 11 is 0. The number of ether oxygens (including phenoxy) is 1. The molecule has 0 rings (SSSR count). The second-order valence-electron chi connectivity index (χ2n) is 24.6. The molecule has 0 aromatic heterocycles. The van der Waals surface area contributed by atoms with Crippen LogP contribution < -0.4 is 10.2 Å². The lowest BCUT2D eigenvalue weighted by atomic mass is 10.0. The fraction of sp³-hybridized carbons (Fsp3) is 0.733. The second kappa shape index (κ2) is 63.7. The molecule has 1 N–H and O–H groups in total. The van der Waals surface area contributed by atoms with Crippen molar-refractivity contribution >= 4 is 19.7 Å². The fourth-order valence-electron chi connectivity index (χ4n) is 9.79. The molecule has 0 saturated carbocycles. The average molecular weight is 1210 g/mol. The lowest BCUT2D eigenvalue weighted by Gasteiger charge is -2.30. The molecule has 490 valence electrons. The van der Waals surface area contributed by atoms with Crippen LogP contribution in [0, 0.1) is 0 Å². The van der Waals surface area contributed by atoms with Crippen molar-refractivity contribution in [1.29, 1.82) is 0 Å². The third-order valence-corrected chi connectivity index (χ3v) is 16.2. The number of nitrogens with one attached hydrogen (secondary N) is 1. The Bertz CT molecular complexity index is 1820. The quantitative estimate of drug-likeness (QED) is 0.0212. The van der Waals surface area contributed by atoms with Crippen molar-refractivity contribution in [2.45, 2.75) is 315 Å². The SMILES string of the molecule is CC/C=C\C/C=C\C/C=C\C/C=C\C/C=C\C/C=C\CCCCCCC(=O)OC(/C=C/CCCCCCCCCCC)C(COP(=O)([O-])OCC[N+](C)(C)C)NC(=O)CCCCCCCCCCCCCCCCC/C=C\C/C=C\CCCCC. The Hall–Kier alpha value is -3.33. The largest absolute Gasteiger partial charge is 0.756 e. The average Bonchev–Trinajstić information content (AvgIpc) is 3.62. The van der Waals surface area contributed by atoms with E-state index in [4.69, 9.17) is 13.8 Å². The fourth-order valence-corrected chi connectivity index (χ4v) is 10.5. The minimum absolute atomic E-state index is 0.0310. The van der Waals surface area contributed by atoms with E-state index in [-0.39, 0.29) is 24.9 Å². The van der Waals surface area contributed by atoms with Crippen molar-refractivity contribution in [1.82, 2.24) is 5.32 Å². The number of amides is 1. The third kappa shape index (κ3) is 65.0. The van der Waals surface area contributed by atoms with Crippen LogP contribution in [0.3, 0.4) is 0 Å². The molecule has 1 amide bonds. The summed E-state index contributed by atoms with van der Waals surface area (Å²) in [5, 5.41) is 3.03. The topological polar surface area (TPSA) is 114 Å². The summed E-state index contributed by atoms with van der Waals surface area (Å²) in [7, 11) is 1.16. The number of carbonyl (C=O) groups is 2. The van der Waals surface area contributed by atoms with E-state index in [0.29, 0.717) is 23.9 Å². The Morgan fingerprint density at radius 2 is 0.753 bits per heavy atom. The van der Waals surface area contributed by atoms with Crippen LogP contribution in [0.25, 0.3) is 0 Å². The highest BCUT2D eigenvalue weighted by molar-refractivity contribution is 7.45. The van der Waals surface area contributed by atoms with E-state index in [9.17, 15) is 19.0 Å². The molecule has 10 heteroatoms. The number of hydrogen-bond acceptors (Lipinski definition) is 7. The minimum atomic E-state index is -4.72. The Kier molecular flexibility index (Phi) is 61.2. The first kappa shape index (κ1) is 81.7. The van der Waals surface area contributed by atoms with Crippen molar-refractivity contribution in [3.63, 3.8) is 0 Å². The number of allylic oxidation sites excluding steroid dienone is 17. The summed E-state index contributed by atoms with van der Waals surface area (Å²) < 4.78 is 30.4. The zero-order valence-corrected chi connectivity index (χ0v) is 56.9. The van der Waals surface area contributed by atoms with E-state index in [1.54, 1.807) is 0 Å². The van der Waals surface area contributed by atoms with Gasteiger partial charge in [0.25, 0.3) is 7.82 Å². The van der Waals surface area contributed by atoms with Gasteiger partial charge in [-0.25, -0.2) is 0 Å². The van der Waals surface area contributed by atoms with Crippen molar-refractivity contribution in [3.8, 4) is 0 Å². The maximum Gasteiger partial charge on any atom is 0.306 e. The summed E-state index contributed by atoms with van der Waals surface area (Å²) in [5.74, 6) is -0.569. The molecule has 0 bridgehead atoms. The number of quaternary nitrogens is 1. The summed E-state index contributed by atoms with van der Waals surface area (Å²) in [6, 6.07) is -0.906. The number of phosphoric acid groups is 1. The van der Waals surface area contributed by atoms with Crippen LogP contribution in [0.5, 0.6) is 0 Å². The molecule has 85 heavy (non-hydrogen) atoms. The number of phosphoric ester groups is 1. The van der Waals surface area contributed by atoms with E-state index >= 15 is 0 Å². The van der Waals surface area contributed by atoms with Crippen molar-refractivity contribution in [2.24, 2.45) is 0 Å². The Balaban J connectivity index is 5.09. The van der Waals surface area contributed by atoms with Gasteiger partial charge < -0.3 is 28.5 Å². The van der Waals surface area contributed by atoms with Crippen molar-refractivity contribution in [2.75, 3.05) is 40.9 Å². The molecule has 0 spiro atoms. The number of unbranched alkanes of at least 4 members (excludes halogenated alkanes) is 31. The summed E-state index contributed by atoms with van der Waals surface area (Å²) in [4.78, 5) is 40.1. The van der Waals surface area contributed by atoms with Gasteiger partial charge in [0.2, 0.25) is 5.91 Å². The Morgan fingerprint density at radius 3 is 1.15 bits per heavy atom. The lowest BCUT2D eigenvalue weighted by molar-refractivity contribution is -0.870. The van der Waals surface area contributed by atoms with Gasteiger partial charge in [0, 0.05) is 12.8 Å². The van der Waals surface area contributed by atoms with Gasteiger partial charge in [-0.1, -0.05) is 285 Å². The molecule has 0 aliphatic heterocycles. The highest BCUT2D eigenvalue weighted by Crippen LogP contribution is 2.38. The number of likely N-dealkylation sites (N-methyl/N-ethyl adjacent to an activating group) is 1. The monoisotopic (exact) mass is 1200 g/mol. The van der Waals surface area contributed by atoms with Gasteiger partial charge in [0.1, 0.15) is 19.3 Å². The number of carbonyl (C=O) groups excluding carboxylic acids is 2. The van der Waals surface area contributed by atoms with Gasteiger partial charge in [-0.3, -0.25) is 14.2 Å². The maximum absolute atomic E-state index is 13.6. The molecule has 0 aliphatic carbocycles. The first-order valence-electron chi connectivity index (χ1n) is 35.2. The van der Waals surface area contributed by atoms with Crippen LogP contribution in [0.4, 0.5) is 0 Å². The third-order valence-electron chi connectivity index (χ3n) is 15.2. The van der Waals surface area contributed by atoms with Crippen LogP contribution in [-0.4, -0.2) is 69.4 Å². The number of esters is 1. The first-order valence-corrected chi connectivity index (χ1v) is 36.7. The molecule has 0 aromatic rings. The molecule has 0 aliphatic rings. The molecular weight excluding hydrogens is 1070 g/mol. The standard InChI is InChI=1S/C75H133N2O7P/c1-7-10-13-16-19-22-25-27-29-31-33-35-37-38-40-41-43-45-47-49-52-55-58-61-64-67-74(78)76-72(71-83-85(80,81)82-70-69-77(4,5)6)73(66-63-60-57-54-51-24-21-18-15-12-9-3)84-75(79)68-65-62-59-56-53-50-48-46-44-42-39-36-34-32-30-28-26-23-20-17-14-11-8-2/h11,14,19-20,22-23,27-30,34,36,42,44,48,50,63,66,72-73H,7-10,12-13,15-18,21,24-26,31-33,35,37-41,43,45-47,49,51-62,64-65,67-71H2,1-6H3,(H-,76,78,80,81)/b14-11-,22-19-,23-20-,29-27-,30-28-,36-34-,44-42-,50-48-,66-63+. The van der Waals surface area contributed by atoms with Crippen LogP contribution in [0.1, 0.15) is 303 Å². The molecule has 0 aromatic carbocycles. The number of nitrogens with zero attached hydrogens (tertiary/aromatic N) is 1. The van der Waals surface area contributed by atoms with E-state index in [2.05, 4.69) is 123 Å². The minimum Gasteiger partial charge on any atom is -0.756 e. The summed E-state index contributed by atoms with van der Waals surface area (Å²) in [6.45, 7) is 6.70. The van der Waals surface area contributed by atoms with Crippen LogP contribution >= 0.6 is 7.82 Å². The molecule has 9 nitrogen and oxygen atoms in total. The molecule has 3 unspecified atom stereocenters. The van der Waals surface area contributed by atoms with Crippen LogP contribution in [-0.2, 0) is 27.9 Å². The summed E-state index contributed by atoms with van der Waals surface area (Å²) in [6.07, 6.45) is 87.8. The predicted octanol–water partition coefficient (Wildman–Crippen LogP) is 21.8. The summed E-state index contributed by atoms with van der Waals surface area (Å²) in [5.41, 5.74) is 0. The van der Waals surface area contributed by atoms with E-state index in [1.165, 1.54) is 154 Å². The van der Waals surface area contributed by atoms with E-state index in [1.807, 2.05) is 33.3 Å². The smallest absolute Gasteiger partial charge is 0.306 e. The highest BCUT2D eigenvalue weighted by Gasteiger charge is 2.27. The molecule has 0 fully saturated rings. The Morgan fingerprint density at radius 1 is 0.424 bits per heavy atom. The normalized spacial score (nSPS) is 14.2. The van der Waals surface area contributed by atoms with Gasteiger partial charge >= 0.3 is 5.97 Å². The Labute approximate surface area is 525 Å². The van der Waals surface area contributed by atoms with Gasteiger partial charge in [-0.2, -0.15) is 0 Å². The van der Waals surface area contributed by atoms with Crippen molar-refractivity contribution in [3.05, 3.63) is 109 Å². The maximum atomic E-state index is 13.6. The van der Waals surface area contributed by atoms with Gasteiger partial charge in [-0.05, 0) is 115 Å². The van der Waals surface area contributed by atoms with Gasteiger partial charge in [0.15, 0.2) is 0 Å².